The van der Waals surface area contributed by atoms with Crippen LogP contribution in [0.4, 0.5) is 5.69 Å². The molecule has 0 fully saturated rings. The molecule has 18 heavy (non-hydrogen) atoms. The Morgan fingerprint density at radius 2 is 2.17 bits per heavy atom. The fourth-order valence-electron chi connectivity index (χ4n) is 1.36. The summed E-state index contributed by atoms with van der Waals surface area (Å²) in [4.78, 5) is 8.17. The highest BCUT2D eigenvalue weighted by Crippen LogP contribution is 2.23. The van der Waals surface area contributed by atoms with E-state index >= 15 is 0 Å². The zero-order valence-corrected chi connectivity index (χ0v) is 12.0. The summed E-state index contributed by atoms with van der Waals surface area (Å²) in [5.41, 5.74) is 1.95. The third-order valence-electron chi connectivity index (χ3n) is 2.30. The molecular formula is C12H11BrClN3O. The number of hydrogen-bond acceptors (Lipinski definition) is 4. The van der Waals surface area contributed by atoms with E-state index in [1.54, 1.807) is 19.5 Å². The Morgan fingerprint density at radius 1 is 1.33 bits per heavy atom. The highest BCUT2D eigenvalue weighted by molar-refractivity contribution is 9.10. The van der Waals surface area contributed by atoms with Gasteiger partial charge in [0.2, 0.25) is 5.88 Å². The molecule has 6 heteroatoms. The lowest BCUT2D eigenvalue weighted by molar-refractivity contribution is 0.397. The second kappa shape index (κ2) is 6.02. The average Bonchev–Trinajstić information content (AvgIpc) is 2.41. The highest BCUT2D eigenvalue weighted by Gasteiger charge is 2.01. The van der Waals surface area contributed by atoms with E-state index in [1.807, 2.05) is 18.2 Å². The van der Waals surface area contributed by atoms with E-state index in [4.69, 9.17) is 16.3 Å². The number of hydrogen-bond donors (Lipinski definition) is 1. The maximum atomic E-state index is 5.82. The molecule has 0 saturated heterocycles. The molecule has 0 aromatic carbocycles. The average molecular weight is 329 g/mol. The predicted molar refractivity (Wildman–Crippen MR) is 75.1 cm³/mol. The molecule has 0 radical (unpaired) electrons. The van der Waals surface area contributed by atoms with Gasteiger partial charge in [0, 0.05) is 18.8 Å². The molecule has 4 nitrogen and oxygen atoms in total. The van der Waals surface area contributed by atoms with Gasteiger partial charge in [0.15, 0.2) is 0 Å². The van der Waals surface area contributed by atoms with Gasteiger partial charge in [-0.3, -0.25) is 0 Å². The number of ether oxygens (including phenoxy) is 1. The van der Waals surface area contributed by atoms with Crippen LogP contribution >= 0.6 is 27.5 Å². The van der Waals surface area contributed by atoms with Crippen LogP contribution in [0.25, 0.3) is 0 Å². The first-order valence-corrected chi connectivity index (χ1v) is 6.40. The lowest BCUT2D eigenvalue weighted by Crippen LogP contribution is -2.00. The van der Waals surface area contributed by atoms with Gasteiger partial charge in [-0.25, -0.2) is 9.97 Å². The molecule has 0 spiro atoms. The normalized spacial score (nSPS) is 10.2. The van der Waals surface area contributed by atoms with Gasteiger partial charge in [0.05, 0.1) is 23.5 Å². The van der Waals surface area contributed by atoms with Crippen molar-refractivity contribution in [2.75, 3.05) is 12.4 Å². The summed E-state index contributed by atoms with van der Waals surface area (Å²) >= 11 is 9.15. The zero-order chi connectivity index (χ0) is 13.0. The van der Waals surface area contributed by atoms with Crippen molar-refractivity contribution in [3.8, 4) is 5.88 Å². The number of nitrogens with one attached hydrogen (secondary N) is 1. The maximum absolute atomic E-state index is 5.82. The number of aromatic nitrogens is 2. The molecule has 2 aromatic rings. The van der Waals surface area contributed by atoms with E-state index in [0.29, 0.717) is 17.6 Å². The Labute approximate surface area is 118 Å². The molecule has 2 heterocycles. The molecule has 0 aliphatic rings. The summed E-state index contributed by atoms with van der Waals surface area (Å²) in [6.07, 6.45) is 3.45. The lowest BCUT2D eigenvalue weighted by atomic mass is 10.3. The van der Waals surface area contributed by atoms with Gasteiger partial charge >= 0.3 is 0 Å². The first-order valence-electron chi connectivity index (χ1n) is 5.23. The Bertz CT molecular complexity index is 533. The molecule has 0 unspecified atom stereocenters. The monoisotopic (exact) mass is 327 g/mol. The van der Waals surface area contributed by atoms with Crippen molar-refractivity contribution in [1.82, 2.24) is 9.97 Å². The van der Waals surface area contributed by atoms with Gasteiger partial charge in [0.1, 0.15) is 5.15 Å². The molecule has 0 aliphatic carbocycles. The van der Waals surface area contributed by atoms with E-state index in [0.717, 1.165) is 15.7 Å². The van der Waals surface area contributed by atoms with Gasteiger partial charge in [-0.1, -0.05) is 17.7 Å². The van der Waals surface area contributed by atoms with Crippen LogP contribution in [0.15, 0.2) is 35.1 Å². The fourth-order valence-corrected chi connectivity index (χ4v) is 1.81. The van der Waals surface area contributed by atoms with Crippen LogP contribution in [0.1, 0.15) is 5.56 Å². The number of methoxy groups -OCH3 is 1. The third-order valence-corrected chi connectivity index (χ3v) is 3.43. The van der Waals surface area contributed by atoms with Gasteiger partial charge in [-0.2, -0.15) is 0 Å². The number of anilines is 1. The first-order chi connectivity index (χ1) is 8.69. The summed E-state index contributed by atoms with van der Waals surface area (Å²) in [6, 6.07) is 5.66. The summed E-state index contributed by atoms with van der Waals surface area (Å²) in [7, 11) is 1.59. The molecule has 0 atom stereocenters. The SMILES string of the molecule is COc1ccc(CNc2cnc(Cl)c(Br)c2)cn1. The van der Waals surface area contributed by atoms with Crippen LogP contribution in [0, 0.1) is 0 Å². The second-order valence-electron chi connectivity index (χ2n) is 3.56. The minimum absolute atomic E-state index is 0.451. The zero-order valence-electron chi connectivity index (χ0n) is 9.65. The van der Waals surface area contributed by atoms with Gasteiger partial charge in [-0.05, 0) is 27.6 Å². The van der Waals surface area contributed by atoms with Crippen molar-refractivity contribution in [2.24, 2.45) is 0 Å². The topological polar surface area (TPSA) is 47.0 Å². The molecule has 0 bridgehead atoms. The van der Waals surface area contributed by atoms with Crippen molar-refractivity contribution >= 4 is 33.2 Å². The quantitative estimate of drug-likeness (QED) is 0.873. The number of pyridine rings is 2. The smallest absolute Gasteiger partial charge is 0.212 e. The predicted octanol–water partition coefficient (Wildman–Crippen LogP) is 3.51. The lowest BCUT2D eigenvalue weighted by Gasteiger charge is -2.07. The standard InChI is InChI=1S/C12H11BrClN3O/c1-18-11-3-2-8(6-16-11)5-15-9-4-10(13)12(14)17-7-9/h2-4,6-7,15H,5H2,1H3. The second-order valence-corrected chi connectivity index (χ2v) is 4.77. The van der Waals surface area contributed by atoms with E-state index in [9.17, 15) is 0 Å². The Balaban J connectivity index is 1.99. The van der Waals surface area contributed by atoms with Gasteiger partial charge in [-0.15, -0.1) is 0 Å². The maximum Gasteiger partial charge on any atom is 0.212 e. The molecule has 94 valence electrons. The van der Waals surface area contributed by atoms with Crippen LogP contribution in [0.5, 0.6) is 5.88 Å². The summed E-state index contributed by atoms with van der Waals surface area (Å²) in [6.45, 7) is 0.659. The molecule has 0 aliphatic heterocycles. The molecule has 0 saturated carbocycles. The van der Waals surface area contributed by atoms with Crippen molar-refractivity contribution in [3.63, 3.8) is 0 Å². The summed E-state index contributed by atoms with van der Waals surface area (Å²) in [5.74, 6) is 0.606. The Morgan fingerprint density at radius 3 is 2.78 bits per heavy atom. The van der Waals surface area contributed by atoms with E-state index in [1.165, 1.54) is 0 Å². The molecule has 0 amide bonds. The van der Waals surface area contributed by atoms with Crippen LogP contribution in [0.3, 0.4) is 0 Å². The molecule has 2 rings (SSSR count). The van der Waals surface area contributed by atoms with Crippen molar-refractivity contribution in [2.45, 2.75) is 6.54 Å². The van der Waals surface area contributed by atoms with E-state index in [-0.39, 0.29) is 0 Å². The van der Waals surface area contributed by atoms with Crippen LogP contribution in [0.2, 0.25) is 5.15 Å². The molecule has 1 N–H and O–H groups in total. The van der Waals surface area contributed by atoms with Crippen molar-refractivity contribution in [1.29, 1.82) is 0 Å². The number of halogens is 2. The number of rotatable bonds is 4. The Kier molecular flexibility index (Phi) is 4.38. The van der Waals surface area contributed by atoms with Crippen molar-refractivity contribution < 1.29 is 4.74 Å². The van der Waals surface area contributed by atoms with Crippen LogP contribution in [-0.2, 0) is 6.54 Å². The molecular weight excluding hydrogens is 318 g/mol. The van der Waals surface area contributed by atoms with Gasteiger partial charge in [0.25, 0.3) is 0 Å². The third kappa shape index (κ3) is 3.34. The highest BCUT2D eigenvalue weighted by atomic mass is 79.9. The molecule has 2 aromatic heterocycles. The first kappa shape index (κ1) is 13.1. The largest absolute Gasteiger partial charge is 0.481 e. The summed E-state index contributed by atoms with van der Waals surface area (Å²) < 4.78 is 5.76. The van der Waals surface area contributed by atoms with Crippen molar-refractivity contribution in [3.05, 3.63) is 45.8 Å². The van der Waals surface area contributed by atoms with E-state index in [2.05, 4.69) is 31.2 Å². The van der Waals surface area contributed by atoms with Crippen LogP contribution < -0.4 is 10.1 Å². The summed E-state index contributed by atoms with van der Waals surface area (Å²) in [5, 5.41) is 3.69. The van der Waals surface area contributed by atoms with Crippen LogP contribution in [-0.4, -0.2) is 17.1 Å². The fraction of sp³-hybridized carbons (Fsp3) is 0.167. The van der Waals surface area contributed by atoms with Gasteiger partial charge < -0.3 is 10.1 Å². The van der Waals surface area contributed by atoms with E-state index < -0.39 is 0 Å². The number of nitrogens with zero attached hydrogens (tertiary/aromatic N) is 2. The minimum Gasteiger partial charge on any atom is -0.481 e. The Hall–Kier alpha value is -1.33. The minimum atomic E-state index is 0.451.